The lowest BCUT2D eigenvalue weighted by molar-refractivity contribution is -0.125. The Morgan fingerprint density at radius 3 is 2.40 bits per heavy atom. The zero-order valence-electron chi connectivity index (χ0n) is 14.7. The minimum absolute atomic E-state index is 0.0107. The normalized spacial score (nSPS) is 14.5. The third kappa shape index (κ3) is 6.01. The van der Waals surface area contributed by atoms with Gasteiger partial charge in [0.05, 0.1) is 0 Å². The predicted octanol–water partition coefficient (Wildman–Crippen LogP) is 2.28. The number of amides is 2. The van der Waals surface area contributed by atoms with Gasteiger partial charge in [-0.3, -0.25) is 20.4 Å². The van der Waals surface area contributed by atoms with Crippen molar-refractivity contribution in [1.29, 1.82) is 0 Å². The number of hydrogen-bond donors (Lipinski definition) is 3. The van der Waals surface area contributed by atoms with Gasteiger partial charge in [-0.2, -0.15) is 0 Å². The molecule has 0 atom stereocenters. The Balaban J connectivity index is 1.70. The third-order valence-electron chi connectivity index (χ3n) is 4.28. The number of hydrogen-bond acceptors (Lipinski definition) is 4. The molecular formula is C18H25N3O3S. The van der Waals surface area contributed by atoms with Gasteiger partial charge in [0, 0.05) is 5.92 Å². The molecule has 0 aliphatic heterocycles. The highest BCUT2D eigenvalue weighted by molar-refractivity contribution is 7.80. The second-order valence-corrected chi connectivity index (χ2v) is 6.74. The number of carbonyl (C=O) groups is 2. The van der Waals surface area contributed by atoms with Gasteiger partial charge in [-0.05, 0) is 50.0 Å². The van der Waals surface area contributed by atoms with Gasteiger partial charge in [0.15, 0.2) is 11.7 Å². The summed E-state index contributed by atoms with van der Waals surface area (Å²) in [5.74, 6) is 0.248. The first-order valence-corrected chi connectivity index (χ1v) is 8.97. The van der Waals surface area contributed by atoms with E-state index in [1.165, 1.54) is 6.42 Å². The number of aryl methyl sites for hydroxylation is 2. The van der Waals surface area contributed by atoms with Crippen LogP contribution in [0.15, 0.2) is 18.2 Å². The van der Waals surface area contributed by atoms with Gasteiger partial charge in [0.25, 0.3) is 5.91 Å². The number of ether oxygens (including phenoxy) is 1. The maximum Gasteiger partial charge on any atom is 0.276 e. The van der Waals surface area contributed by atoms with Gasteiger partial charge in [-0.15, -0.1) is 0 Å². The molecule has 25 heavy (non-hydrogen) atoms. The van der Waals surface area contributed by atoms with Crippen LogP contribution in [0.1, 0.15) is 43.2 Å². The zero-order valence-corrected chi connectivity index (χ0v) is 15.5. The molecule has 1 aromatic carbocycles. The Bertz CT molecular complexity index is 622. The van der Waals surface area contributed by atoms with Gasteiger partial charge in [-0.1, -0.05) is 37.5 Å². The summed E-state index contributed by atoms with van der Waals surface area (Å²) in [5.41, 5.74) is 6.90. The molecule has 3 N–H and O–H groups in total. The number of para-hydroxylation sites is 1. The van der Waals surface area contributed by atoms with Crippen molar-refractivity contribution >= 4 is 29.1 Å². The maximum atomic E-state index is 12.1. The lowest BCUT2D eigenvalue weighted by atomic mass is 9.89. The molecular weight excluding hydrogens is 338 g/mol. The Kier molecular flexibility index (Phi) is 7.18. The van der Waals surface area contributed by atoms with Crippen LogP contribution in [0.2, 0.25) is 0 Å². The first-order chi connectivity index (χ1) is 12.0. The summed E-state index contributed by atoms with van der Waals surface area (Å²) in [4.78, 5) is 23.9. The van der Waals surface area contributed by atoms with Gasteiger partial charge < -0.3 is 10.1 Å². The van der Waals surface area contributed by atoms with E-state index in [9.17, 15) is 9.59 Å². The standard InChI is InChI=1S/C18H25N3O3S/c1-12-7-6-8-13(2)16(12)24-11-15(22)20-21-18(25)19-17(23)14-9-4-3-5-10-14/h6-8,14H,3-5,9-11H2,1-2H3,(H,20,22)(H2,19,21,23,25). The summed E-state index contributed by atoms with van der Waals surface area (Å²) in [6, 6.07) is 5.79. The lowest BCUT2D eigenvalue weighted by Gasteiger charge is -2.21. The SMILES string of the molecule is Cc1cccc(C)c1OCC(=O)NNC(=S)NC(=O)C1CCCCC1. The maximum absolute atomic E-state index is 12.1. The second-order valence-electron chi connectivity index (χ2n) is 6.34. The largest absolute Gasteiger partial charge is 0.483 e. The van der Waals surface area contributed by atoms with E-state index in [4.69, 9.17) is 17.0 Å². The van der Waals surface area contributed by atoms with Crippen LogP contribution in [-0.4, -0.2) is 23.5 Å². The van der Waals surface area contributed by atoms with Crippen LogP contribution in [0, 0.1) is 19.8 Å². The molecule has 0 bridgehead atoms. The van der Waals surface area contributed by atoms with Crippen LogP contribution >= 0.6 is 12.2 Å². The van der Waals surface area contributed by atoms with Gasteiger partial charge in [0.2, 0.25) is 5.91 Å². The second kappa shape index (κ2) is 9.36. The van der Waals surface area contributed by atoms with Gasteiger partial charge in [-0.25, -0.2) is 0 Å². The molecule has 7 heteroatoms. The molecule has 1 aliphatic rings. The monoisotopic (exact) mass is 363 g/mol. The molecule has 136 valence electrons. The zero-order chi connectivity index (χ0) is 18.2. The van der Waals surface area contributed by atoms with E-state index in [-0.39, 0.29) is 29.5 Å². The average molecular weight is 363 g/mol. The molecule has 6 nitrogen and oxygen atoms in total. The summed E-state index contributed by atoms with van der Waals surface area (Å²) >= 11 is 5.04. The van der Waals surface area contributed by atoms with Crippen LogP contribution in [0.4, 0.5) is 0 Å². The van der Waals surface area contributed by atoms with Crippen LogP contribution in [0.25, 0.3) is 0 Å². The molecule has 0 radical (unpaired) electrons. The minimum atomic E-state index is -0.378. The summed E-state index contributed by atoms with van der Waals surface area (Å²) in [6.45, 7) is 3.71. The first kappa shape index (κ1) is 19.2. The quantitative estimate of drug-likeness (QED) is 0.565. The highest BCUT2D eigenvalue weighted by atomic mass is 32.1. The summed E-state index contributed by atoms with van der Waals surface area (Å²) < 4.78 is 5.56. The third-order valence-corrected chi connectivity index (χ3v) is 4.49. The average Bonchev–Trinajstić information content (AvgIpc) is 2.60. The summed E-state index contributed by atoms with van der Waals surface area (Å²) in [7, 11) is 0. The molecule has 1 aromatic rings. The number of hydrazine groups is 1. The van der Waals surface area contributed by atoms with E-state index in [1.807, 2.05) is 32.0 Å². The number of thiocarbonyl (C=S) groups is 1. The number of nitrogens with one attached hydrogen (secondary N) is 3. The van der Waals surface area contributed by atoms with Gasteiger partial charge >= 0.3 is 0 Å². The highest BCUT2D eigenvalue weighted by Gasteiger charge is 2.21. The molecule has 0 heterocycles. The predicted molar refractivity (Wildman–Crippen MR) is 100 cm³/mol. The van der Waals surface area contributed by atoms with Crippen molar-refractivity contribution in [2.45, 2.75) is 46.0 Å². The molecule has 2 rings (SSSR count). The van der Waals surface area contributed by atoms with Crippen molar-refractivity contribution < 1.29 is 14.3 Å². The fraction of sp³-hybridized carbons (Fsp3) is 0.500. The van der Waals surface area contributed by atoms with Gasteiger partial charge in [0.1, 0.15) is 5.75 Å². The highest BCUT2D eigenvalue weighted by Crippen LogP contribution is 2.23. The van der Waals surface area contributed by atoms with E-state index >= 15 is 0 Å². The van der Waals surface area contributed by atoms with Crippen molar-refractivity contribution in [2.75, 3.05) is 6.61 Å². The fourth-order valence-corrected chi connectivity index (χ4v) is 3.09. The molecule has 1 fully saturated rings. The van der Waals surface area contributed by atoms with Crippen LogP contribution in [-0.2, 0) is 9.59 Å². The van der Waals surface area contributed by atoms with E-state index in [0.29, 0.717) is 5.75 Å². The fourth-order valence-electron chi connectivity index (χ4n) is 2.94. The molecule has 0 aromatic heterocycles. The molecule has 0 spiro atoms. The van der Waals surface area contributed by atoms with Crippen LogP contribution in [0.3, 0.4) is 0 Å². The topological polar surface area (TPSA) is 79.5 Å². The van der Waals surface area contributed by atoms with Crippen molar-refractivity contribution in [2.24, 2.45) is 5.92 Å². The molecule has 0 unspecified atom stereocenters. The van der Waals surface area contributed by atoms with Crippen LogP contribution in [0.5, 0.6) is 5.75 Å². The smallest absolute Gasteiger partial charge is 0.276 e. The lowest BCUT2D eigenvalue weighted by Crippen LogP contribution is -2.50. The van der Waals surface area contributed by atoms with E-state index in [2.05, 4.69) is 16.2 Å². The Morgan fingerprint density at radius 2 is 1.76 bits per heavy atom. The molecule has 1 aliphatic carbocycles. The van der Waals surface area contributed by atoms with Crippen molar-refractivity contribution in [1.82, 2.24) is 16.2 Å². The van der Waals surface area contributed by atoms with Crippen molar-refractivity contribution in [3.05, 3.63) is 29.3 Å². The van der Waals surface area contributed by atoms with Crippen LogP contribution < -0.4 is 20.9 Å². The van der Waals surface area contributed by atoms with Crippen molar-refractivity contribution in [3.8, 4) is 5.75 Å². The minimum Gasteiger partial charge on any atom is -0.483 e. The molecule has 0 saturated heterocycles. The first-order valence-electron chi connectivity index (χ1n) is 8.56. The number of rotatable bonds is 4. The Labute approximate surface area is 153 Å². The number of carbonyl (C=O) groups excluding carboxylic acids is 2. The van der Waals surface area contributed by atoms with E-state index in [1.54, 1.807) is 0 Å². The molecule has 2 amide bonds. The molecule has 1 saturated carbocycles. The van der Waals surface area contributed by atoms with Crippen molar-refractivity contribution in [3.63, 3.8) is 0 Å². The van der Waals surface area contributed by atoms with E-state index < -0.39 is 0 Å². The Morgan fingerprint density at radius 1 is 1.12 bits per heavy atom. The summed E-state index contributed by atoms with van der Waals surface area (Å²) in [5, 5.41) is 2.72. The summed E-state index contributed by atoms with van der Waals surface area (Å²) in [6.07, 6.45) is 5.12. The van der Waals surface area contributed by atoms with E-state index in [0.717, 1.165) is 36.8 Å². The number of benzene rings is 1. The Hall–Kier alpha value is -2.15.